The van der Waals surface area contributed by atoms with Gasteiger partial charge in [0.2, 0.25) is 0 Å². The second kappa shape index (κ2) is 3.58. The summed E-state index contributed by atoms with van der Waals surface area (Å²) >= 11 is 0. The second-order valence-electron chi connectivity index (χ2n) is 3.12. The number of hydrogen-bond donors (Lipinski definition) is 0. The molecule has 0 N–H and O–H groups in total. The third-order valence-electron chi connectivity index (χ3n) is 2.01. The number of cyclic esters (lactones) is 1. The summed E-state index contributed by atoms with van der Waals surface area (Å²) in [4.78, 5) is 12.7. The SMILES string of the molecule is O=C1CN(Cc2ccccc2)CO1. The summed E-state index contributed by atoms with van der Waals surface area (Å²) in [6, 6.07) is 10.1. The van der Waals surface area contributed by atoms with Gasteiger partial charge in [-0.1, -0.05) is 30.3 Å². The largest absolute Gasteiger partial charge is 0.449 e. The first kappa shape index (κ1) is 8.26. The van der Waals surface area contributed by atoms with E-state index in [0.29, 0.717) is 13.3 Å². The molecule has 1 heterocycles. The molecule has 0 radical (unpaired) electrons. The molecule has 1 aromatic carbocycles. The van der Waals surface area contributed by atoms with Crippen molar-refractivity contribution in [1.29, 1.82) is 0 Å². The van der Waals surface area contributed by atoms with E-state index in [-0.39, 0.29) is 5.97 Å². The third-order valence-corrected chi connectivity index (χ3v) is 2.01. The maximum atomic E-state index is 10.8. The van der Waals surface area contributed by atoms with Crippen LogP contribution < -0.4 is 0 Å². The van der Waals surface area contributed by atoms with Gasteiger partial charge in [-0.2, -0.15) is 0 Å². The first-order valence-electron chi connectivity index (χ1n) is 4.26. The van der Waals surface area contributed by atoms with Crippen molar-refractivity contribution in [1.82, 2.24) is 4.90 Å². The number of carbonyl (C=O) groups is 1. The molecule has 3 nitrogen and oxygen atoms in total. The summed E-state index contributed by atoms with van der Waals surface area (Å²) in [5.41, 5.74) is 1.21. The molecule has 1 aliphatic heterocycles. The van der Waals surface area contributed by atoms with E-state index in [2.05, 4.69) is 0 Å². The van der Waals surface area contributed by atoms with E-state index in [1.54, 1.807) is 0 Å². The van der Waals surface area contributed by atoms with Crippen molar-refractivity contribution in [3.8, 4) is 0 Å². The molecule has 0 aliphatic carbocycles. The van der Waals surface area contributed by atoms with Crippen LogP contribution in [0.5, 0.6) is 0 Å². The summed E-state index contributed by atoms with van der Waals surface area (Å²) in [6.07, 6.45) is 0. The molecule has 68 valence electrons. The Kier molecular flexibility index (Phi) is 2.27. The van der Waals surface area contributed by atoms with Gasteiger partial charge in [0.15, 0.2) is 0 Å². The van der Waals surface area contributed by atoms with Crippen molar-refractivity contribution in [3.63, 3.8) is 0 Å². The number of hydrogen-bond acceptors (Lipinski definition) is 3. The van der Waals surface area contributed by atoms with Crippen molar-refractivity contribution >= 4 is 5.97 Å². The highest BCUT2D eigenvalue weighted by Gasteiger charge is 2.19. The second-order valence-corrected chi connectivity index (χ2v) is 3.12. The summed E-state index contributed by atoms with van der Waals surface area (Å²) in [6.45, 7) is 1.62. The van der Waals surface area contributed by atoms with E-state index in [0.717, 1.165) is 6.54 Å². The van der Waals surface area contributed by atoms with Gasteiger partial charge in [-0.05, 0) is 5.56 Å². The number of benzene rings is 1. The molecule has 0 bridgehead atoms. The Balaban J connectivity index is 1.96. The number of esters is 1. The zero-order chi connectivity index (χ0) is 9.10. The average Bonchev–Trinajstić information content (AvgIpc) is 2.53. The Bertz CT molecular complexity index is 297. The Hall–Kier alpha value is -1.35. The molecule has 1 fully saturated rings. The molecule has 1 saturated heterocycles. The molecule has 1 aromatic rings. The van der Waals surface area contributed by atoms with E-state index >= 15 is 0 Å². The normalized spacial score (nSPS) is 17.4. The van der Waals surface area contributed by atoms with Gasteiger partial charge in [-0.15, -0.1) is 0 Å². The summed E-state index contributed by atoms with van der Waals surface area (Å²) < 4.78 is 4.82. The van der Waals surface area contributed by atoms with Crippen molar-refractivity contribution in [2.45, 2.75) is 6.54 Å². The topological polar surface area (TPSA) is 29.5 Å². The molecule has 0 amide bonds. The molecule has 3 heteroatoms. The summed E-state index contributed by atoms with van der Waals surface area (Å²) in [7, 11) is 0. The maximum absolute atomic E-state index is 10.8. The van der Waals surface area contributed by atoms with Gasteiger partial charge < -0.3 is 4.74 Å². The minimum absolute atomic E-state index is 0.129. The molecule has 1 aliphatic rings. The maximum Gasteiger partial charge on any atom is 0.321 e. The van der Waals surface area contributed by atoms with E-state index < -0.39 is 0 Å². The third kappa shape index (κ3) is 2.06. The fourth-order valence-electron chi connectivity index (χ4n) is 1.38. The van der Waals surface area contributed by atoms with Crippen molar-refractivity contribution in [3.05, 3.63) is 35.9 Å². The number of ether oxygens (including phenoxy) is 1. The minimum Gasteiger partial charge on any atom is -0.449 e. The van der Waals surface area contributed by atoms with Crippen LogP contribution in [0.3, 0.4) is 0 Å². The van der Waals surface area contributed by atoms with Crippen LogP contribution >= 0.6 is 0 Å². The predicted octanol–water partition coefficient (Wildman–Crippen LogP) is 1.00. The Morgan fingerprint density at radius 1 is 1.31 bits per heavy atom. The van der Waals surface area contributed by atoms with Gasteiger partial charge in [-0.25, -0.2) is 0 Å². The fraction of sp³-hybridized carbons (Fsp3) is 0.300. The first-order chi connectivity index (χ1) is 6.34. The number of nitrogens with zero attached hydrogens (tertiary/aromatic N) is 1. The van der Waals surface area contributed by atoms with Crippen LogP contribution in [0.15, 0.2) is 30.3 Å². The van der Waals surface area contributed by atoms with Crippen LogP contribution in [0.25, 0.3) is 0 Å². The molecule has 2 rings (SSSR count). The molecule has 13 heavy (non-hydrogen) atoms. The van der Waals surface area contributed by atoms with Crippen LogP contribution in [0.4, 0.5) is 0 Å². The number of carbonyl (C=O) groups excluding carboxylic acids is 1. The van der Waals surface area contributed by atoms with Crippen LogP contribution in [0.2, 0.25) is 0 Å². The molecule has 0 spiro atoms. The zero-order valence-corrected chi connectivity index (χ0v) is 7.27. The molecular formula is C10H11NO2. The van der Waals surface area contributed by atoms with Crippen molar-refractivity contribution in [2.24, 2.45) is 0 Å². The Morgan fingerprint density at radius 3 is 2.69 bits per heavy atom. The van der Waals surface area contributed by atoms with Gasteiger partial charge in [0.25, 0.3) is 0 Å². The fourth-order valence-corrected chi connectivity index (χ4v) is 1.38. The van der Waals surface area contributed by atoms with Gasteiger partial charge in [0.1, 0.15) is 6.73 Å². The molecular weight excluding hydrogens is 166 g/mol. The standard InChI is InChI=1S/C10H11NO2/c12-10-7-11(8-13-10)6-9-4-2-1-3-5-9/h1-5H,6-8H2. The smallest absolute Gasteiger partial charge is 0.321 e. The monoisotopic (exact) mass is 177 g/mol. The lowest BCUT2D eigenvalue weighted by Crippen LogP contribution is -2.19. The summed E-state index contributed by atoms with van der Waals surface area (Å²) in [5.74, 6) is -0.129. The van der Waals surface area contributed by atoms with E-state index in [1.807, 2.05) is 35.2 Å². The summed E-state index contributed by atoms with van der Waals surface area (Å²) in [5, 5.41) is 0. The minimum atomic E-state index is -0.129. The highest BCUT2D eigenvalue weighted by molar-refractivity contribution is 5.73. The van der Waals surface area contributed by atoms with Gasteiger partial charge in [0, 0.05) is 6.54 Å². The molecule has 0 saturated carbocycles. The van der Waals surface area contributed by atoms with Gasteiger partial charge >= 0.3 is 5.97 Å². The van der Waals surface area contributed by atoms with Crippen molar-refractivity contribution < 1.29 is 9.53 Å². The highest BCUT2D eigenvalue weighted by Crippen LogP contribution is 2.07. The van der Waals surface area contributed by atoms with E-state index in [9.17, 15) is 4.79 Å². The van der Waals surface area contributed by atoms with Crippen LogP contribution in [-0.4, -0.2) is 24.1 Å². The predicted molar refractivity (Wildman–Crippen MR) is 47.8 cm³/mol. The Morgan fingerprint density at radius 2 is 2.08 bits per heavy atom. The molecule has 0 atom stereocenters. The lowest BCUT2D eigenvalue weighted by Gasteiger charge is -2.10. The van der Waals surface area contributed by atoms with Crippen LogP contribution in [0, 0.1) is 0 Å². The molecule has 0 unspecified atom stereocenters. The quantitative estimate of drug-likeness (QED) is 0.631. The zero-order valence-electron chi connectivity index (χ0n) is 7.27. The van der Waals surface area contributed by atoms with E-state index in [1.165, 1.54) is 5.56 Å². The first-order valence-corrected chi connectivity index (χ1v) is 4.26. The van der Waals surface area contributed by atoms with Crippen LogP contribution in [-0.2, 0) is 16.1 Å². The highest BCUT2D eigenvalue weighted by atomic mass is 16.6. The average molecular weight is 177 g/mol. The molecule has 0 aromatic heterocycles. The van der Waals surface area contributed by atoms with Crippen LogP contribution in [0.1, 0.15) is 5.56 Å². The number of rotatable bonds is 2. The van der Waals surface area contributed by atoms with Gasteiger partial charge in [0.05, 0.1) is 6.54 Å². The Labute approximate surface area is 76.9 Å². The van der Waals surface area contributed by atoms with Crippen molar-refractivity contribution in [2.75, 3.05) is 13.3 Å². The lowest BCUT2D eigenvalue weighted by molar-refractivity contribution is -0.136. The lowest BCUT2D eigenvalue weighted by atomic mass is 10.2. The van der Waals surface area contributed by atoms with E-state index in [4.69, 9.17) is 4.74 Å². The van der Waals surface area contributed by atoms with Gasteiger partial charge in [-0.3, -0.25) is 9.69 Å².